The van der Waals surface area contributed by atoms with Crippen molar-refractivity contribution >= 4 is 40.1 Å². The summed E-state index contributed by atoms with van der Waals surface area (Å²) in [7, 11) is 0. The van der Waals surface area contributed by atoms with Gasteiger partial charge in [0.05, 0.1) is 23.5 Å². The molecule has 0 aliphatic rings. The highest BCUT2D eigenvalue weighted by molar-refractivity contribution is 6.30. The number of hydrogen-bond donors (Lipinski definition) is 4. The van der Waals surface area contributed by atoms with Crippen molar-refractivity contribution in [2.24, 2.45) is 0 Å². The minimum atomic E-state index is -0.472. The fraction of sp³-hybridized carbons (Fsp3) is 0.167. The van der Waals surface area contributed by atoms with Gasteiger partial charge in [-0.15, -0.1) is 0 Å². The fourth-order valence-electron chi connectivity index (χ4n) is 2.70. The maximum absolute atomic E-state index is 12.4. The van der Waals surface area contributed by atoms with Gasteiger partial charge in [-0.1, -0.05) is 23.7 Å². The predicted molar refractivity (Wildman–Crippen MR) is 100 cm³/mol. The Morgan fingerprint density at radius 1 is 1.08 bits per heavy atom. The lowest BCUT2D eigenvalue weighted by atomic mass is 10.0. The normalized spacial score (nSPS) is 11.9. The van der Waals surface area contributed by atoms with Crippen molar-refractivity contribution in [1.82, 2.24) is 15.3 Å². The van der Waals surface area contributed by atoms with Crippen LogP contribution in [-0.4, -0.2) is 21.8 Å². The topological polar surface area (TPSA) is 107 Å². The number of carbonyl (C=O) groups excluding carboxylic acids is 2. The van der Waals surface area contributed by atoms with E-state index >= 15 is 0 Å². The zero-order chi connectivity index (χ0) is 18.7. The van der Waals surface area contributed by atoms with Crippen molar-refractivity contribution < 1.29 is 9.59 Å². The molecule has 1 atom stereocenters. The van der Waals surface area contributed by atoms with Gasteiger partial charge in [0.2, 0.25) is 11.8 Å². The van der Waals surface area contributed by atoms with Gasteiger partial charge in [0.1, 0.15) is 0 Å². The van der Waals surface area contributed by atoms with Crippen LogP contribution in [0.15, 0.2) is 47.3 Å². The highest BCUT2D eigenvalue weighted by atomic mass is 35.5. The van der Waals surface area contributed by atoms with Crippen molar-refractivity contribution in [2.45, 2.75) is 19.4 Å². The van der Waals surface area contributed by atoms with E-state index < -0.39 is 6.04 Å². The number of imidazole rings is 1. The standard InChI is InChI=1S/C18H17ClN4O3/c1-10(24)20-15(11-2-4-12(19)5-3-11)9-17(25)21-13-6-7-14-16(8-13)23-18(26)22-14/h2-8,15H,9H2,1H3,(H,20,24)(H,21,25)(H2,22,23,26)/t15-/m0/s1. The van der Waals surface area contributed by atoms with E-state index in [-0.39, 0.29) is 23.9 Å². The fourth-order valence-corrected chi connectivity index (χ4v) is 2.83. The second-order valence-electron chi connectivity index (χ2n) is 5.90. The average molecular weight is 373 g/mol. The average Bonchev–Trinajstić information content (AvgIpc) is 2.93. The van der Waals surface area contributed by atoms with Crippen LogP contribution < -0.4 is 16.3 Å². The Morgan fingerprint density at radius 2 is 1.77 bits per heavy atom. The van der Waals surface area contributed by atoms with E-state index in [1.54, 1.807) is 42.5 Å². The molecule has 0 fully saturated rings. The van der Waals surface area contributed by atoms with Crippen molar-refractivity contribution in [3.05, 3.63) is 63.5 Å². The molecule has 0 radical (unpaired) electrons. The Morgan fingerprint density at radius 3 is 2.46 bits per heavy atom. The van der Waals surface area contributed by atoms with Gasteiger partial charge in [-0.25, -0.2) is 4.79 Å². The number of amides is 2. The van der Waals surface area contributed by atoms with E-state index in [4.69, 9.17) is 11.6 Å². The quantitative estimate of drug-likeness (QED) is 0.553. The van der Waals surface area contributed by atoms with Crippen LogP contribution in [0, 0.1) is 0 Å². The second-order valence-corrected chi connectivity index (χ2v) is 6.33. The van der Waals surface area contributed by atoms with Crippen LogP contribution in [0.25, 0.3) is 11.0 Å². The first-order valence-corrected chi connectivity index (χ1v) is 8.33. The molecule has 0 saturated carbocycles. The number of fused-ring (bicyclic) bond motifs is 1. The van der Waals surface area contributed by atoms with E-state index in [1.165, 1.54) is 6.92 Å². The molecule has 2 aromatic carbocycles. The summed E-state index contributed by atoms with van der Waals surface area (Å²) in [6.45, 7) is 1.40. The molecule has 0 spiro atoms. The van der Waals surface area contributed by atoms with Gasteiger partial charge in [0.15, 0.2) is 0 Å². The summed E-state index contributed by atoms with van der Waals surface area (Å²) in [5.74, 6) is -0.500. The van der Waals surface area contributed by atoms with E-state index in [0.717, 1.165) is 5.56 Å². The summed E-state index contributed by atoms with van der Waals surface area (Å²) in [6.07, 6.45) is 0.0584. The molecule has 2 amide bonds. The first kappa shape index (κ1) is 17.8. The third-order valence-electron chi connectivity index (χ3n) is 3.84. The Labute approximate surface area is 153 Å². The molecule has 0 bridgehead atoms. The Bertz CT molecular complexity index is 1010. The zero-order valence-electron chi connectivity index (χ0n) is 13.9. The number of carbonyl (C=O) groups is 2. The largest absolute Gasteiger partial charge is 0.349 e. The van der Waals surface area contributed by atoms with E-state index in [9.17, 15) is 14.4 Å². The molecule has 3 aromatic rings. The number of rotatable bonds is 5. The summed E-state index contributed by atoms with van der Waals surface area (Å²) in [4.78, 5) is 40.5. The highest BCUT2D eigenvalue weighted by Crippen LogP contribution is 2.21. The van der Waals surface area contributed by atoms with E-state index in [1.807, 2.05) is 0 Å². The van der Waals surface area contributed by atoms with Crippen LogP contribution in [-0.2, 0) is 9.59 Å². The monoisotopic (exact) mass is 372 g/mol. The van der Waals surface area contributed by atoms with Crippen LogP contribution >= 0.6 is 11.6 Å². The lowest BCUT2D eigenvalue weighted by Gasteiger charge is -2.18. The summed E-state index contributed by atoms with van der Waals surface area (Å²) in [5, 5.41) is 6.12. The van der Waals surface area contributed by atoms with Gasteiger partial charge in [0, 0.05) is 17.6 Å². The number of benzene rings is 2. The molecular formula is C18H17ClN4O3. The van der Waals surface area contributed by atoms with Gasteiger partial charge >= 0.3 is 5.69 Å². The van der Waals surface area contributed by atoms with Crippen LogP contribution in [0.2, 0.25) is 5.02 Å². The lowest BCUT2D eigenvalue weighted by molar-refractivity contribution is -0.120. The molecule has 26 heavy (non-hydrogen) atoms. The van der Waals surface area contributed by atoms with Gasteiger partial charge < -0.3 is 20.6 Å². The molecule has 134 valence electrons. The van der Waals surface area contributed by atoms with Crippen LogP contribution in [0.1, 0.15) is 24.9 Å². The SMILES string of the molecule is CC(=O)N[C@@H](CC(=O)Nc1ccc2[nH]c(=O)[nH]c2c1)c1ccc(Cl)cc1. The molecule has 1 aromatic heterocycles. The number of halogens is 1. The first-order chi connectivity index (χ1) is 12.4. The third-order valence-corrected chi connectivity index (χ3v) is 4.09. The highest BCUT2D eigenvalue weighted by Gasteiger charge is 2.17. The Hall–Kier alpha value is -3.06. The Kier molecular flexibility index (Phi) is 5.09. The molecule has 0 aliphatic carbocycles. The summed E-state index contributed by atoms with van der Waals surface area (Å²) in [5.41, 5.74) is 2.28. The van der Waals surface area contributed by atoms with Crippen LogP contribution in [0.5, 0.6) is 0 Å². The number of aromatic nitrogens is 2. The molecule has 3 rings (SSSR count). The smallest absolute Gasteiger partial charge is 0.323 e. The number of H-pyrrole nitrogens is 2. The molecule has 4 N–H and O–H groups in total. The minimum absolute atomic E-state index is 0.0584. The number of aromatic amines is 2. The molecule has 1 heterocycles. The van der Waals surface area contributed by atoms with Crippen LogP contribution in [0.3, 0.4) is 0 Å². The molecule has 7 nitrogen and oxygen atoms in total. The Balaban J connectivity index is 1.74. The number of nitrogens with one attached hydrogen (secondary N) is 4. The van der Waals surface area contributed by atoms with E-state index in [2.05, 4.69) is 20.6 Å². The lowest BCUT2D eigenvalue weighted by Crippen LogP contribution is -2.29. The van der Waals surface area contributed by atoms with Crippen molar-refractivity contribution in [3.8, 4) is 0 Å². The van der Waals surface area contributed by atoms with Crippen molar-refractivity contribution in [3.63, 3.8) is 0 Å². The number of hydrogen-bond acceptors (Lipinski definition) is 3. The zero-order valence-corrected chi connectivity index (χ0v) is 14.7. The molecule has 8 heteroatoms. The van der Waals surface area contributed by atoms with Gasteiger partial charge in [-0.3, -0.25) is 9.59 Å². The van der Waals surface area contributed by atoms with Crippen molar-refractivity contribution in [2.75, 3.05) is 5.32 Å². The second kappa shape index (κ2) is 7.45. The third kappa shape index (κ3) is 4.31. The first-order valence-electron chi connectivity index (χ1n) is 7.95. The summed E-state index contributed by atoms with van der Waals surface area (Å²) in [6, 6.07) is 11.5. The maximum Gasteiger partial charge on any atom is 0.323 e. The predicted octanol–water partition coefficient (Wildman–Crippen LogP) is 2.72. The summed E-state index contributed by atoms with van der Waals surface area (Å²) < 4.78 is 0. The minimum Gasteiger partial charge on any atom is -0.349 e. The molecule has 0 aliphatic heterocycles. The van der Waals surface area contributed by atoms with Gasteiger partial charge in [-0.2, -0.15) is 0 Å². The van der Waals surface area contributed by atoms with Gasteiger partial charge in [-0.05, 0) is 35.9 Å². The van der Waals surface area contributed by atoms with Crippen LogP contribution in [0.4, 0.5) is 5.69 Å². The molecular weight excluding hydrogens is 356 g/mol. The van der Waals surface area contributed by atoms with E-state index in [0.29, 0.717) is 21.7 Å². The van der Waals surface area contributed by atoms with Crippen molar-refractivity contribution in [1.29, 1.82) is 0 Å². The maximum atomic E-state index is 12.4. The molecule has 0 unspecified atom stereocenters. The molecule has 0 saturated heterocycles. The summed E-state index contributed by atoms with van der Waals surface area (Å²) >= 11 is 5.89. The number of anilines is 1. The van der Waals surface area contributed by atoms with Gasteiger partial charge in [0.25, 0.3) is 0 Å².